The fraction of sp³-hybridized carbons (Fsp3) is 0.214. The van der Waals surface area contributed by atoms with Crippen molar-refractivity contribution in [2.24, 2.45) is 0 Å². The Kier molecular flexibility index (Phi) is 3.87. The fourth-order valence-corrected chi connectivity index (χ4v) is 1.94. The molecule has 18 heavy (non-hydrogen) atoms. The van der Waals surface area contributed by atoms with Crippen molar-refractivity contribution in [1.29, 1.82) is 0 Å². The highest BCUT2D eigenvalue weighted by Crippen LogP contribution is 2.26. The van der Waals surface area contributed by atoms with Crippen LogP contribution in [-0.4, -0.2) is 11.1 Å². The van der Waals surface area contributed by atoms with Gasteiger partial charge < -0.3 is 9.52 Å². The van der Waals surface area contributed by atoms with Crippen LogP contribution in [0.25, 0.3) is 11.3 Å². The van der Waals surface area contributed by atoms with Crippen molar-refractivity contribution in [3.63, 3.8) is 0 Å². The summed E-state index contributed by atoms with van der Waals surface area (Å²) < 4.78 is 6.70. The van der Waals surface area contributed by atoms with E-state index in [4.69, 9.17) is 9.52 Å². The minimum atomic E-state index is -0.813. The van der Waals surface area contributed by atoms with E-state index in [0.29, 0.717) is 12.2 Å². The van der Waals surface area contributed by atoms with Gasteiger partial charge in [0.05, 0.1) is 6.42 Å². The Labute approximate surface area is 114 Å². The van der Waals surface area contributed by atoms with Crippen LogP contribution < -0.4 is 0 Å². The number of carboxylic acid groups (broad SMARTS) is 1. The topological polar surface area (TPSA) is 50.4 Å². The predicted molar refractivity (Wildman–Crippen MR) is 72.5 cm³/mol. The highest BCUT2D eigenvalue weighted by molar-refractivity contribution is 9.10. The zero-order valence-electron chi connectivity index (χ0n) is 9.94. The molecule has 3 nitrogen and oxygen atoms in total. The lowest BCUT2D eigenvalue weighted by Crippen LogP contribution is -1.96. The van der Waals surface area contributed by atoms with Crippen molar-refractivity contribution in [2.45, 2.75) is 19.8 Å². The molecule has 0 fully saturated rings. The highest BCUT2D eigenvalue weighted by atomic mass is 79.9. The lowest BCUT2D eigenvalue weighted by Gasteiger charge is -2.01. The van der Waals surface area contributed by atoms with Crippen LogP contribution in [0.15, 0.2) is 39.2 Å². The Morgan fingerprint density at radius 1 is 1.33 bits per heavy atom. The molecule has 0 aliphatic carbocycles. The molecular formula is C14H13BrO3. The Morgan fingerprint density at radius 2 is 2.11 bits per heavy atom. The molecule has 0 aliphatic heterocycles. The van der Waals surface area contributed by atoms with E-state index in [-0.39, 0.29) is 6.42 Å². The number of hydrogen-bond donors (Lipinski definition) is 1. The Hall–Kier alpha value is -1.55. The van der Waals surface area contributed by atoms with Crippen LogP contribution in [0.3, 0.4) is 0 Å². The quantitative estimate of drug-likeness (QED) is 0.927. The van der Waals surface area contributed by atoms with Crippen LogP contribution in [0.5, 0.6) is 0 Å². The van der Waals surface area contributed by atoms with Crippen LogP contribution in [0.4, 0.5) is 0 Å². The van der Waals surface area contributed by atoms with E-state index in [1.807, 2.05) is 37.3 Å². The molecule has 1 aromatic carbocycles. The lowest BCUT2D eigenvalue weighted by molar-refractivity contribution is -0.137. The zero-order valence-corrected chi connectivity index (χ0v) is 11.5. The molecule has 1 heterocycles. The number of carboxylic acids is 1. The summed E-state index contributed by atoms with van der Waals surface area (Å²) in [7, 11) is 0. The van der Waals surface area contributed by atoms with E-state index in [1.165, 1.54) is 0 Å². The average Bonchev–Trinajstić information content (AvgIpc) is 2.79. The van der Waals surface area contributed by atoms with Gasteiger partial charge in [0.15, 0.2) is 0 Å². The number of halogens is 1. The molecule has 4 heteroatoms. The van der Waals surface area contributed by atoms with Crippen LogP contribution in [-0.2, 0) is 11.2 Å². The average molecular weight is 309 g/mol. The van der Waals surface area contributed by atoms with Gasteiger partial charge in [0, 0.05) is 16.5 Å². The maximum absolute atomic E-state index is 10.5. The van der Waals surface area contributed by atoms with Crippen molar-refractivity contribution in [2.75, 3.05) is 0 Å². The van der Waals surface area contributed by atoms with Crippen molar-refractivity contribution in [3.05, 3.63) is 46.1 Å². The maximum atomic E-state index is 10.5. The molecule has 0 atom stereocenters. The molecular weight excluding hydrogens is 296 g/mol. The van der Waals surface area contributed by atoms with Gasteiger partial charge in [-0.1, -0.05) is 22.0 Å². The summed E-state index contributed by atoms with van der Waals surface area (Å²) in [6.45, 7) is 2.02. The first-order valence-electron chi connectivity index (χ1n) is 5.63. The molecule has 0 saturated carbocycles. The molecule has 0 unspecified atom stereocenters. The third kappa shape index (κ3) is 3.01. The number of furan rings is 1. The maximum Gasteiger partial charge on any atom is 0.303 e. The number of aliphatic carboxylic acids is 1. The first kappa shape index (κ1) is 12.9. The van der Waals surface area contributed by atoms with Crippen molar-refractivity contribution < 1.29 is 14.3 Å². The first-order chi connectivity index (χ1) is 8.56. The number of rotatable bonds is 4. The summed E-state index contributed by atoms with van der Waals surface area (Å²) >= 11 is 3.45. The molecule has 0 bridgehead atoms. The van der Waals surface area contributed by atoms with E-state index >= 15 is 0 Å². The molecule has 94 valence electrons. The number of benzene rings is 1. The van der Waals surface area contributed by atoms with Crippen LogP contribution >= 0.6 is 15.9 Å². The van der Waals surface area contributed by atoms with Crippen molar-refractivity contribution in [3.8, 4) is 11.3 Å². The highest BCUT2D eigenvalue weighted by Gasteiger charge is 2.07. The summed E-state index contributed by atoms with van der Waals surface area (Å²) in [5.41, 5.74) is 2.13. The summed E-state index contributed by atoms with van der Waals surface area (Å²) in [4.78, 5) is 10.5. The molecule has 0 spiro atoms. The predicted octanol–water partition coefficient (Wildman–Crippen LogP) is 4.03. The van der Waals surface area contributed by atoms with E-state index in [0.717, 1.165) is 21.4 Å². The van der Waals surface area contributed by atoms with Gasteiger partial charge in [0.25, 0.3) is 0 Å². The zero-order chi connectivity index (χ0) is 13.1. The molecule has 1 N–H and O–H groups in total. The molecule has 2 aromatic rings. The molecule has 1 aromatic heterocycles. The molecule has 0 amide bonds. The van der Waals surface area contributed by atoms with Gasteiger partial charge in [-0.2, -0.15) is 0 Å². The largest absolute Gasteiger partial charge is 0.481 e. The summed E-state index contributed by atoms with van der Waals surface area (Å²) in [5.74, 6) is 0.659. The van der Waals surface area contributed by atoms with E-state index in [2.05, 4.69) is 15.9 Å². The van der Waals surface area contributed by atoms with Gasteiger partial charge in [-0.15, -0.1) is 0 Å². The number of hydrogen-bond acceptors (Lipinski definition) is 2. The lowest BCUT2D eigenvalue weighted by atomic mass is 10.1. The second-order valence-electron chi connectivity index (χ2n) is 4.12. The van der Waals surface area contributed by atoms with Crippen molar-refractivity contribution in [1.82, 2.24) is 0 Å². The van der Waals surface area contributed by atoms with Gasteiger partial charge >= 0.3 is 5.97 Å². The summed E-state index contributed by atoms with van der Waals surface area (Å²) in [6.07, 6.45) is 0.511. The van der Waals surface area contributed by atoms with Gasteiger partial charge in [0.2, 0.25) is 0 Å². The number of aryl methyl sites for hydroxylation is 2. The molecule has 0 saturated heterocycles. The SMILES string of the molecule is Cc1cc(-c2ccc(CCC(=O)O)o2)ccc1Br. The molecule has 0 aliphatic rings. The normalized spacial score (nSPS) is 10.6. The van der Waals surface area contributed by atoms with Crippen molar-refractivity contribution >= 4 is 21.9 Å². The Morgan fingerprint density at radius 3 is 2.78 bits per heavy atom. The summed E-state index contributed by atoms with van der Waals surface area (Å²) in [6, 6.07) is 9.68. The minimum absolute atomic E-state index is 0.0896. The van der Waals surface area contributed by atoms with E-state index < -0.39 is 5.97 Å². The van der Waals surface area contributed by atoms with Gasteiger partial charge in [0.1, 0.15) is 11.5 Å². The monoisotopic (exact) mass is 308 g/mol. The van der Waals surface area contributed by atoms with E-state index in [1.54, 1.807) is 0 Å². The number of carbonyl (C=O) groups is 1. The van der Waals surface area contributed by atoms with Crippen LogP contribution in [0.1, 0.15) is 17.7 Å². The smallest absolute Gasteiger partial charge is 0.303 e. The van der Waals surface area contributed by atoms with E-state index in [9.17, 15) is 4.79 Å². The Balaban J connectivity index is 2.18. The van der Waals surface area contributed by atoms with Gasteiger partial charge in [-0.25, -0.2) is 0 Å². The minimum Gasteiger partial charge on any atom is -0.481 e. The van der Waals surface area contributed by atoms with Gasteiger partial charge in [-0.05, 0) is 36.8 Å². The standard InChI is InChI=1S/C14H13BrO3/c1-9-8-10(2-5-12(9)15)13-6-3-11(18-13)4-7-14(16)17/h2-3,5-6,8H,4,7H2,1H3,(H,16,17). The summed E-state index contributed by atoms with van der Waals surface area (Å²) in [5, 5.41) is 8.62. The molecule has 2 rings (SSSR count). The first-order valence-corrected chi connectivity index (χ1v) is 6.42. The second kappa shape index (κ2) is 5.40. The van der Waals surface area contributed by atoms with Gasteiger partial charge in [-0.3, -0.25) is 4.79 Å². The van der Waals surface area contributed by atoms with Crippen LogP contribution in [0, 0.1) is 6.92 Å². The fourth-order valence-electron chi connectivity index (χ4n) is 1.70. The third-order valence-electron chi connectivity index (χ3n) is 2.69. The third-order valence-corrected chi connectivity index (χ3v) is 3.58. The Bertz CT molecular complexity index is 572. The van der Waals surface area contributed by atoms with Crippen LogP contribution in [0.2, 0.25) is 0 Å². The molecule has 0 radical (unpaired) electrons. The second-order valence-corrected chi connectivity index (χ2v) is 4.98.